The highest BCUT2D eigenvalue weighted by Crippen LogP contribution is 2.11. The number of methoxy groups -OCH3 is 1. The van der Waals surface area contributed by atoms with Crippen molar-refractivity contribution in [2.75, 3.05) is 32.6 Å². The molecule has 17 heavy (non-hydrogen) atoms. The van der Waals surface area contributed by atoms with Crippen LogP contribution in [0.3, 0.4) is 0 Å². The molecule has 0 aromatic carbocycles. The van der Waals surface area contributed by atoms with Gasteiger partial charge in [-0.1, -0.05) is 26.7 Å². The molecule has 0 aliphatic heterocycles. The molecule has 0 aromatic heterocycles. The lowest BCUT2D eigenvalue weighted by molar-refractivity contribution is 0.113. The topological polar surface area (TPSA) is 12.5 Å². The molecule has 0 unspecified atom stereocenters. The largest absolute Gasteiger partial charge is 0.383 e. The molecule has 0 aliphatic rings. The molecule has 0 bridgehead atoms. The van der Waals surface area contributed by atoms with Crippen LogP contribution in [0.5, 0.6) is 0 Å². The minimum atomic E-state index is 0.732. The van der Waals surface area contributed by atoms with Gasteiger partial charge in [-0.05, 0) is 38.0 Å². The van der Waals surface area contributed by atoms with Gasteiger partial charge < -0.3 is 4.74 Å². The van der Waals surface area contributed by atoms with Crippen molar-refractivity contribution in [2.24, 2.45) is 0 Å². The Bertz CT molecular complexity index is 151. The second-order valence-electron chi connectivity index (χ2n) is 4.64. The van der Waals surface area contributed by atoms with E-state index in [9.17, 15) is 0 Å². The first kappa shape index (κ1) is 17.3. The van der Waals surface area contributed by atoms with E-state index in [2.05, 4.69) is 31.4 Å². The van der Waals surface area contributed by atoms with Crippen molar-refractivity contribution in [1.29, 1.82) is 0 Å². The molecule has 0 radical (unpaired) electrons. The average molecular weight is 261 g/mol. The number of unbranched alkanes of at least 4 members (excludes halogenated alkanes) is 3. The van der Waals surface area contributed by atoms with Gasteiger partial charge in [-0.25, -0.2) is 0 Å². The van der Waals surface area contributed by atoms with E-state index < -0.39 is 0 Å². The number of hydrogen-bond acceptors (Lipinski definition) is 3. The molecule has 0 aromatic rings. The third-order valence-corrected chi connectivity index (χ3v) is 3.71. The molecule has 0 heterocycles. The summed E-state index contributed by atoms with van der Waals surface area (Å²) in [7, 11) is 1.79. The fourth-order valence-electron chi connectivity index (χ4n) is 2.27. The fraction of sp³-hybridized carbons (Fsp3) is 1.00. The van der Waals surface area contributed by atoms with Crippen molar-refractivity contribution in [3.05, 3.63) is 0 Å². The van der Waals surface area contributed by atoms with E-state index in [1.807, 2.05) is 0 Å². The van der Waals surface area contributed by atoms with Crippen LogP contribution < -0.4 is 0 Å². The summed E-state index contributed by atoms with van der Waals surface area (Å²) in [6, 6.07) is 0.732. The summed E-state index contributed by atoms with van der Waals surface area (Å²) >= 11 is 4.25. The summed E-state index contributed by atoms with van der Waals surface area (Å²) < 4.78 is 5.20. The van der Waals surface area contributed by atoms with E-state index in [-0.39, 0.29) is 0 Å². The molecule has 0 saturated carbocycles. The summed E-state index contributed by atoms with van der Waals surface area (Å²) in [5.41, 5.74) is 0. The first-order chi connectivity index (χ1) is 8.29. The van der Waals surface area contributed by atoms with Gasteiger partial charge >= 0.3 is 0 Å². The maximum absolute atomic E-state index is 5.20. The molecule has 0 aliphatic carbocycles. The number of ether oxygens (including phenoxy) is 1. The van der Waals surface area contributed by atoms with Crippen LogP contribution >= 0.6 is 12.6 Å². The van der Waals surface area contributed by atoms with E-state index in [1.165, 1.54) is 45.1 Å². The number of nitrogens with zero attached hydrogens (tertiary/aromatic N) is 1. The number of hydrogen-bond donors (Lipinski definition) is 1. The normalized spacial score (nSPS) is 11.6. The van der Waals surface area contributed by atoms with Crippen LogP contribution in [0.2, 0.25) is 0 Å². The Balaban J connectivity index is 3.83. The van der Waals surface area contributed by atoms with Gasteiger partial charge in [0.25, 0.3) is 0 Å². The molecule has 0 saturated heterocycles. The fourth-order valence-corrected chi connectivity index (χ4v) is 2.49. The standard InChI is InChI=1S/C14H31NOS/c1-4-14(5-2)15(11-12-16-3)10-8-6-7-9-13-17/h14,17H,4-13H2,1-3H3. The molecule has 0 spiro atoms. The molecule has 104 valence electrons. The van der Waals surface area contributed by atoms with E-state index in [0.29, 0.717) is 0 Å². The van der Waals surface area contributed by atoms with E-state index in [4.69, 9.17) is 4.74 Å². The van der Waals surface area contributed by atoms with Crippen molar-refractivity contribution in [3.8, 4) is 0 Å². The maximum atomic E-state index is 5.20. The Morgan fingerprint density at radius 1 is 1.00 bits per heavy atom. The zero-order chi connectivity index (χ0) is 12.9. The predicted octanol–water partition coefficient (Wildman–Crippen LogP) is 3.61. The van der Waals surface area contributed by atoms with Gasteiger partial charge in [-0.3, -0.25) is 4.90 Å². The molecule has 0 fully saturated rings. The van der Waals surface area contributed by atoms with Crippen molar-refractivity contribution in [3.63, 3.8) is 0 Å². The zero-order valence-corrected chi connectivity index (χ0v) is 12.8. The third-order valence-electron chi connectivity index (χ3n) is 3.39. The van der Waals surface area contributed by atoms with E-state index >= 15 is 0 Å². The van der Waals surface area contributed by atoms with Crippen molar-refractivity contribution < 1.29 is 4.74 Å². The molecule has 0 rings (SSSR count). The summed E-state index contributed by atoms with van der Waals surface area (Å²) in [5, 5.41) is 0. The number of rotatable bonds is 12. The summed E-state index contributed by atoms with van der Waals surface area (Å²) in [5.74, 6) is 1.03. The lowest BCUT2D eigenvalue weighted by Crippen LogP contribution is -2.37. The lowest BCUT2D eigenvalue weighted by Gasteiger charge is -2.30. The van der Waals surface area contributed by atoms with Crippen molar-refractivity contribution >= 4 is 12.6 Å². The maximum Gasteiger partial charge on any atom is 0.0589 e. The van der Waals surface area contributed by atoms with Gasteiger partial charge in [0.2, 0.25) is 0 Å². The summed E-state index contributed by atoms with van der Waals surface area (Å²) in [4.78, 5) is 2.60. The van der Waals surface area contributed by atoms with Gasteiger partial charge in [0.15, 0.2) is 0 Å². The highest BCUT2D eigenvalue weighted by atomic mass is 32.1. The van der Waals surface area contributed by atoms with E-state index in [1.54, 1.807) is 7.11 Å². The minimum Gasteiger partial charge on any atom is -0.383 e. The second-order valence-corrected chi connectivity index (χ2v) is 5.08. The van der Waals surface area contributed by atoms with Gasteiger partial charge in [-0.15, -0.1) is 0 Å². The SMILES string of the molecule is CCC(CC)N(CCCCCCS)CCOC. The van der Waals surface area contributed by atoms with Crippen LogP contribution in [0, 0.1) is 0 Å². The monoisotopic (exact) mass is 261 g/mol. The highest BCUT2D eigenvalue weighted by Gasteiger charge is 2.13. The quantitative estimate of drug-likeness (QED) is 0.425. The van der Waals surface area contributed by atoms with Crippen molar-refractivity contribution in [2.45, 2.75) is 58.4 Å². The Hall–Kier alpha value is 0.270. The average Bonchev–Trinajstić information content (AvgIpc) is 2.36. The molecule has 3 heteroatoms. The summed E-state index contributed by atoms with van der Waals surface area (Å²) in [6.45, 7) is 7.73. The lowest BCUT2D eigenvalue weighted by atomic mass is 10.1. The molecule has 0 N–H and O–H groups in total. The van der Waals surface area contributed by atoms with Crippen LogP contribution in [0.25, 0.3) is 0 Å². The van der Waals surface area contributed by atoms with Crippen LogP contribution in [-0.4, -0.2) is 43.5 Å². The van der Waals surface area contributed by atoms with Gasteiger partial charge in [0.1, 0.15) is 0 Å². The predicted molar refractivity (Wildman–Crippen MR) is 80.1 cm³/mol. The second kappa shape index (κ2) is 12.7. The number of thiol groups is 1. The third kappa shape index (κ3) is 8.92. The zero-order valence-electron chi connectivity index (χ0n) is 12.0. The van der Waals surface area contributed by atoms with Crippen molar-refractivity contribution in [1.82, 2.24) is 4.90 Å². The Kier molecular flexibility index (Phi) is 12.9. The Labute approximate surface area is 114 Å². The van der Waals surface area contributed by atoms with Crippen LogP contribution in [-0.2, 0) is 4.74 Å². The Morgan fingerprint density at radius 2 is 1.65 bits per heavy atom. The molecule has 2 nitrogen and oxygen atoms in total. The minimum absolute atomic E-state index is 0.732. The first-order valence-corrected chi connectivity index (χ1v) is 7.77. The Morgan fingerprint density at radius 3 is 2.18 bits per heavy atom. The van der Waals surface area contributed by atoms with Gasteiger partial charge in [0.05, 0.1) is 6.61 Å². The van der Waals surface area contributed by atoms with Crippen LogP contribution in [0.1, 0.15) is 52.4 Å². The van der Waals surface area contributed by atoms with Crippen LogP contribution in [0.4, 0.5) is 0 Å². The van der Waals surface area contributed by atoms with E-state index in [0.717, 1.165) is 24.9 Å². The van der Waals surface area contributed by atoms with Gasteiger partial charge in [-0.2, -0.15) is 12.6 Å². The molecular formula is C14H31NOS. The highest BCUT2D eigenvalue weighted by molar-refractivity contribution is 7.80. The summed E-state index contributed by atoms with van der Waals surface area (Å²) in [6.07, 6.45) is 7.72. The molecule has 0 amide bonds. The molecule has 0 atom stereocenters. The first-order valence-electron chi connectivity index (χ1n) is 7.13. The van der Waals surface area contributed by atoms with Crippen LogP contribution in [0.15, 0.2) is 0 Å². The van der Waals surface area contributed by atoms with Gasteiger partial charge in [0, 0.05) is 19.7 Å². The molecular weight excluding hydrogens is 230 g/mol. The smallest absolute Gasteiger partial charge is 0.0589 e.